The van der Waals surface area contributed by atoms with Gasteiger partial charge in [-0.15, -0.1) is 0 Å². The van der Waals surface area contributed by atoms with Crippen molar-refractivity contribution < 1.29 is 4.74 Å². The fourth-order valence-electron chi connectivity index (χ4n) is 0.813. The molecular weight excluding hydrogens is 200 g/mol. The Balaban J connectivity index is 2.58. The van der Waals surface area contributed by atoms with E-state index >= 15 is 0 Å². The summed E-state index contributed by atoms with van der Waals surface area (Å²) in [5.41, 5.74) is 5.59. The van der Waals surface area contributed by atoms with Crippen LogP contribution in [0.3, 0.4) is 0 Å². The van der Waals surface area contributed by atoms with Crippen LogP contribution in [-0.4, -0.2) is 17.1 Å². The quantitative estimate of drug-likeness (QED) is 0.837. The highest BCUT2D eigenvalue weighted by Gasteiger charge is 2.17. The van der Waals surface area contributed by atoms with E-state index in [2.05, 4.69) is 4.98 Å². The SMILES string of the molecule is CC[C@@](C)(N)COc1ncccc1Cl. The van der Waals surface area contributed by atoms with Crippen LogP contribution in [0.1, 0.15) is 20.3 Å². The highest BCUT2D eigenvalue weighted by Crippen LogP contribution is 2.21. The molecule has 0 unspecified atom stereocenters. The number of nitrogens with two attached hydrogens (primary N) is 1. The summed E-state index contributed by atoms with van der Waals surface area (Å²) in [6.45, 7) is 4.37. The first-order chi connectivity index (χ1) is 6.55. The molecule has 0 saturated carbocycles. The highest BCUT2D eigenvalue weighted by molar-refractivity contribution is 6.31. The Bertz CT molecular complexity index is 302. The third kappa shape index (κ3) is 3.16. The predicted octanol–water partition coefficient (Wildman–Crippen LogP) is 2.24. The zero-order chi connectivity index (χ0) is 10.6. The molecule has 3 nitrogen and oxygen atoms in total. The van der Waals surface area contributed by atoms with Crippen LogP contribution in [0, 0.1) is 0 Å². The van der Waals surface area contributed by atoms with Crippen LogP contribution in [0.4, 0.5) is 0 Å². The second-order valence-corrected chi connectivity index (χ2v) is 3.99. The highest BCUT2D eigenvalue weighted by atomic mass is 35.5. The molecule has 0 amide bonds. The molecular formula is C10H15ClN2O. The van der Waals surface area contributed by atoms with E-state index in [1.54, 1.807) is 18.3 Å². The molecule has 1 aromatic heterocycles. The minimum absolute atomic E-state index is 0.332. The normalized spacial score (nSPS) is 14.9. The van der Waals surface area contributed by atoms with E-state index in [4.69, 9.17) is 22.1 Å². The minimum atomic E-state index is -0.332. The lowest BCUT2D eigenvalue weighted by molar-refractivity contribution is 0.219. The number of halogens is 1. The van der Waals surface area contributed by atoms with Crippen LogP contribution in [0.25, 0.3) is 0 Å². The van der Waals surface area contributed by atoms with Crippen LogP contribution in [-0.2, 0) is 0 Å². The first-order valence-electron chi connectivity index (χ1n) is 4.57. The smallest absolute Gasteiger partial charge is 0.232 e. The van der Waals surface area contributed by atoms with Gasteiger partial charge < -0.3 is 10.5 Å². The molecule has 1 aromatic rings. The summed E-state index contributed by atoms with van der Waals surface area (Å²) < 4.78 is 5.42. The number of rotatable bonds is 4. The summed E-state index contributed by atoms with van der Waals surface area (Å²) in [4.78, 5) is 4.01. The summed E-state index contributed by atoms with van der Waals surface area (Å²) in [6.07, 6.45) is 2.48. The second-order valence-electron chi connectivity index (χ2n) is 3.59. The Labute approximate surface area is 89.2 Å². The first-order valence-corrected chi connectivity index (χ1v) is 4.95. The molecule has 0 aliphatic rings. The van der Waals surface area contributed by atoms with E-state index in [0.29, 0.717) is 17.5 Å². The van der Waals surface area contributed by atoms with Crippen molar-refractivity contribution in [2.24, 2.45) is 5.73 Å². The maximum Gasteiger partial charge on any atom is 0.232 e. The van der Waals surface area contributed by atoms with Gasteiger partial charge in [0.15, 0.2) is 0 Å². The van der Waals surface area contributed by atoms with Crippen molar-refractivity contribution in [3.63, 3.8) is 0 Å². The van der Waals surface area contributed by atoms with E-state index in [9.17, 15) is 0 Å². The Morgan fingerprint density at radius 3 is 2.93 bits per heavy atom. The standard InChI is InChI=1S/C10H15ClN2O/c1-3-10(2,12)7-14-9-8(11)5-4-6-13-9/h4-6H,3,7,12H2,1-2H3/t10-/m1/s1. The van der Waals surface area contributed by atoms with Gasteiger partial charge in [0.1, 0.15) is 11.6 Å². The molecule has 0 spiro atoms. The second kappa shape index (κ2) is 4.62. The lowest BCUT2D eigenvalue weighted by atomic mass is 10.0. The van der Waals surface area contributed by atoms with E-state index in [0.717, 1.165) is 6.42 Å². The number of nitrogens with zero attached hydrogens (tertiary/aromatic N) is 1. The van der Waals surface area contributed by atoms with Crippen molar-refractivity contribution in [3.05, 3.63) is 23.4 Å². The Kier molecular flexibility index (Phi) is 3.72. The van der Waals surface area contributed by atoms with Gasteiger partial charge in [-0.1, -0.05) is 18.5 Å². The van der Waals surface area contributed by atoms with Gasteiger partial charge in [0.05, 0.1) is 0 Å². The molecule has 4 heteroatoms. The Morgan fingerprint density at radius 2 is 2.36 bits per heavy atom. The van der Waals surface area contributed by atoms with E-state index in [-0.39, 0.29) is 5.54 Å². The van der Waals surface area contributed by atoms with Gasteiger partial charge in [-0.3, -0.25) is 0 Å². The summed E-state index contributed by atoms with van der Waals surface area (Å²) in [6, 6.07) is 3.50. The van der Waals surface area contributed by atoms with Crippen molar-refractivity contribution >= 4 is 11.6 Å². The van der Waals surface area contributed by atoms with Crippen molar-refractivity contribution in [1.29, 1.82) is 0 Å². The monoisotopic (exact) mass is 214 g/mol. The van der Waals surface area contributed by atoms with Crippen molar-refractivity contribution in [1.82, 2.24) is 4.98 Å². The lowest BCUT2D eigenvalue weighted by Gasteiger charge is -2.22. The van der Waals surface area contributed by atoms with Gasteiger partial charge in [-0.2, -0.15) is 0 Å². The largest absolute Gasteiger partial charge is 0.475 e. The van der Waals surface area contributed by atoms with Crippen LogP contribution >= 0.6 is 11.6 Å². The van der Waals surface area contributed by atoms with Gasteiger partial charge in [-0.25, -0.2) is 4.98 Å². The summed E-state index contributed by atoms with van der Waals surface area (Å²) in [7, 11) is 0. The molecule has 14 heavy (non-hydrogen) atoms. The molecule has 0 fully saturated rings. The van der Waals surface area contributed by atoms with Crippen molar-refractivity contribution in [2.45, 2.75) is 25.8 Å². The fraction of sp³-hybridized carbons (Fsp3) is 0.500. The first kappa shape index (κ1) is 11.3. The predicted molar refractivity (Wildman–Crippen MR) is 57.6 cm³/mol. The molecule has 1 heterocycles. The lowest BCUT2D eigenvalue weighted by Crippen LogP contribution is -2.41. The number of pyridine rings is 1. The fourth-order valence-corrected chi connectivity index (χ4v) is 0.989. The summed E-state index contributed by atoms with van der Waals surface area (Å²) in [5.74, 6) is 0.444. The molecule has 0 bridgehead atoms. The maximum atomic E-state index is 5.92. The minimum Gasteiger partial charge on any atom is -0.475 e. The van der Waals surface area contributed by atoms with E-state index in [1.165, 1.54) is 0 Å². The van der Waals surface area contributed by atoms with Gasteiger partial charge in [0.2, 0.25) is 5.88 Å². The number of hydrogen-bond donors (Lipinski definition) is 1. The average molecular weight is 215 g/mol. The Hall–Kier alpha value is -0.800. The average Bonchev–Trinajstić information content (AvgIpc) is 2.17. The van der Waals surface area contributed by atoms with Crippen molar-refractivity contribution in [2.75, 3.05) is 6.61 Å². The van der Waals surface area contributed by atoms with Crippen molar-refractivity contribution in [3.8, 4) is 5.88 Å². The molecule has 2 N–H and O–H groups in total. The van der Waals surface area contributed by atoms with Crippen LogP contribution in [0.2, 0.25) is 5.02 Å². The molecule has 0 aliphatic carbocycles. The molecule has 1 atom stereocenters. The third-order valence-electron chi connectivity index (χ3n) is 2.07. The topological polar surface area (TPSA) is 48.1 Å². The van der Waals surface area contributed by atoms with E-state index < -0.39 is 0 Å². The van der Waals surface area contributed by atoms with E-state index in [1.807, 2.05) is 13.8 Å². The third-order valence-corrected chi connectivity index (χ3v) is 2.36. The maximum absolute atomic E-state index is 5.92. The molecule has 0 aliphatic heterocycles. The number of aromatic nitrogens is 1. The number of ether oxygens (including phenoxy) is 1. The van der Waals surface area contributed by atoms with Gasteiger partial charge >= 0.3 is 0 Å². The van der Waals surface area contributed by atoms with Gasteiger partial charge in [0, 0.05) is 11.7 Å². The molecule has 0 radical (unpaired) electrons. The Morgan fingerprint density at radius 1 is 1.64 bits per heavy atom. The summed E-state index contributed by atoms with van der Waals surface area (Å²) in [5, 5.41) is 0.513. The molecule has 78 valence electrons. The van der Waals surface area contributed by atoms with Crippen LogP contribution in [0.5, 0.6) is 5.88 Å². The molecule has 0 aromatic carbocycles. The van der Waals surface area contributed by atoms with Crippen LogP contribution < -0.4 is 10.5 Å². The molecule has 1 rings (SSSR count). The van der Waals surface area contributed by atoms with Crippen LogP contribution in [0.15, 0.2) is 18.3 Å². The number of hydrogen-bond acceptors (Lipinski definition) is 3. The molecule has 0 saturated heterocycles. The summed E-state index contributed by atoms with van der Waals surface area (Å²) >= 11 is 5.87. The zero-order valence-electron chi connectivity index (χ0n) is 8.46. The van der Waals surface area contributed by atoms with Gasteiger partial charge in [0.25, 0.3) is 0 Å². The van der Waals surface area contributed by atoms with Gasteiger partial charge in [-0.05, 0) is 25.5 Å². The zero-order valence-corrected chi connectivity index (χ0v) is 9.21.